The number of carbonyl (C=O) groups is 1. The van der Waals surface area contributed by atoms with Gasteiger partial charge in [0.05, 0.1) is 23.1 Å². The number of halogens is 1. The van der Waals surface area contributed by atoms with Crippen molar-refractivity contribution >= 4 is 27.5 Å². The molecule has 1 aliphatic rings. The standard InChI is InChI=1S/C13H17ClN6O3S/c1-9-11(8-16-18(9)2)24(22,23)20-5-3-19(4-6-20)13(21)12-10(14)7-15-17-12/h7-8H,3-6H2,1-2H3,(H,15,17). The van der Waals surface area contributed by atoms with E-state index in [1.807, 2.05) is 0 Å². The molecule has 0 unspecified atom stereocenters. The number of aromatic nitrogens is 4. The van der Waals surface area contributed by atoms with Crippen molar-refractivity contribution < 1.29 is 13.2 Å². The molecule has 2 aromatic rings. The number of aromatic amines is 1. The van der Waals surface area contributed by atoms with Gasteiger partial charge in [-0.25, -0.2) is 8.42 Å². The number of hydrogen-bond acceptors (Lipinski definition) is 5. The van der Waals surface area contributed by atoms with Crippen LogP contribution in [0.3, 0.4) is 0 Å². The first-order valence-electron chi connectivity index (χ1n) is 7.29. The van der Waals surface area contributed by atoms with Crippen LogP contribution in [0.5, 0.6) is 0 Å². The maximum Gasteiger partial charge on any atom is 0.273 e. The van der Waals surface area contributed by atoms with E-state index in [4.69, 9.17) is 11.6 Å². The van der Waals surface area contributed by atoms with Gasteiger partial charge in [-0.15, -0.1) is 0 Å². The molecule has 0 saturated carbocycles. The summed E-state index contributed by atoms with van der Waals surface area (Å²) in [6.07, 6.45) is 2.72. The van der Waals surface area contributed by atoms with Crippen LogP contribution in [0.25, 0.3) is 0 Å². The maximum absolute atomic E-state index is 12.7. The fourth-order valence-corrected chi connectivity index (χ4v) is 4.36. The molecule has 0 aliphatic carbocycles. The van der Waals surface area contributed by atoms with Crippen LogP contribution in [0.4, 0.5) is 0 Å². The summed E-state index contributed by atoms with van der Waals surface area (Å²) >= 11 is 5.90. The molecular formula is C13H17ClN6O3S. The molecule has 2 aromatic heterocycles. The third-order valence-electron chi connectivity index (χ3n) is 4.14. The van der Waals surface area contributed by atoms with E-state index in [1.54, 1.807) is 18.9 Å². The van der Waals surface area contributed by atoms with Crippen LogP contribution in [-0.2, 0) is 17.1 Å². The predicted molar refractivity (Wildman–Crippen MR) is 86.2 cm³/mol. The minimum absolute atomic E-state index is 0.196. The number of rotatable bonds is 3. The monoisotopic (exact) mass is 372 g/mol. The van der Waals surface area contributed by atoms with E-state index in [-0.39, 0.29) is 47.7 Å². The summed E-state index contributed by atoms with van der Waals surface area (Å²) in [5.41, 5.74) is 0.800. The second-order valence-electron chi connectivity index (χ2n) is 5.51. The minimum Gasteiger partial charge on any atom is -0.335 e. The molecule has 3 rings (SSSR count). The smallest absolute Gasteiger partial charge is 0.273 e. The first-order valence-corrected chi connectivity index (χ1v) is 9.11. The Morgan fingerprint density at radius 2 is 1.92 bits per heavy atom. The van der Waals surface area contributed by atoms with Gasteiger partial charge in [0.15, 0.2) is 0 Å². The van der Waals surface area contributed by atoms with Crippen LogP contribution in [0.2, 0.25) is 5.02 Å². The molecule has 0 radical (unpaired) electrons. The SMILES string of the molecule is Cc1c(S(=O)(=O)N2CCN(C(=O)c3[nH]ncc3Cl)CC2)cnn1C. The van der Waals surface area contributed by atoms with E-state index in [0.717, 1.165) is 0 Å². The van der Waals surface area contributed by atoms with Gasteiger partial charge < -0.3 is 4.90 Å². The fraction of sp³-hybridized carbons (Fsp3) is 0.462. The molecule has 1 fully saturated rings. The highest BCUT2D eigenvalue weighted by molar-refractivity contribution is 7.89. The first-order chi connectivity index (χ1) is 11.3. The molecular weight excluding hydrogens is 356 g/mol. The Balaban J connectivity index is 1.72. The van der Waals surface area contributed by atoms with Crippen molar-refractivity contribution in [3.63, 3.8) is 0 Å². The molecule has 1 amide bonds. The Morgan fingerprint density at radius 1 is 1.25 bits per heavy atom. The maximum atomic E-state index is 12.7. The molecule has 0 aromatic carbocycles. The largest absolute Gasteiger partial charge is 0.335 e. The average Bonchev–Trinajstić information content (AvgIpc) is 3.13. The Hall–Kier alpha value is -1.91. The summed E-state index contributed by atoms with van der Waals surface area (Å²) in [6, 6.07) is 0. The third-order valence-corrected chi connectivity index (χ3v) is 6.43. The van der Waals surface area contributed by atoms with Crippen molar-refractivity contribution in [3.8, 4) is 0 Å². The van der Waals surface area contributed by atoms with Gasteiger partial charge in [-0.3, -0.25) is 14.6 Å². The highest BCUT2D eigenvalue weighted by Gasteiger charge is 2.33. The number of nitrogens with zero attached hydrogens (tertiary/aromatic N) is 5. The summed E-state index contributed by atoms with van der Waals surface area (Å²) in [5.74, 6) is -0.285. The lowest BCUT2D eigenvalue weighted by Gasteiger charge is -2.33. The summed E-state index contributed by atoms with van der Waals surface area (Å²) < 4.78 is 28.3. The van der Waals surface area contributed by atoms with Crippen molar-refractivity contribution in [1.82, 2.24) is 29.2 Å². The van der Waals surface area contributed by atoms with Crippen LogP contribution in [-0.4, -0.2) is 69.7 Å². The van der Waals surface area contributed by atoms with Crippen molar-refractivity contribution in [1.29, 1.82) is 0 Å². The number of piperazine rings is 1. The Morgan fingerprint density at radius 3 is 2.42 bits per heavy atom. The molecule has 3 heterocycles. The van der Waals surface area contributed by atoms with E-state index < -0.39 is 10.0 Å². The lowest BCUT2D eigenvalue weighted by molar-refractivity contribution is 0.0692. The zero-order valence-electron chi connectivity index (χ0n) is 13.2. The minimum atomic E-state index is -3.62. The number of aryl methyl sites for hydroxylation is 1. The summed E-state index contributed by atoms with van der Waals surface area (Å²) in [7, 11) is -1.92. The molecule has 1 saturated heterocycles. The normalized spacial score (nSPS) is 16.5. The number of hydrogen-bond donors (Lipinski definition) is 1. The van der Waals surface area contributed by atoms with Crippen molar-refractivity contribution in [3.05, 3.63) is 28.8 Å². The van der Waals surface area contributed by atoms with Gasteiger partial charge in [0.1, 0.15) is 10.6 Å². The molecule has 11 heteroatoms. The zero-order chi connectivity index (χ0) is 17.5. The van der Waals surface area contributed by atoms with Crippen molar-refractivity contribution in [2.45, 2.75) is 11.8 Å². The molecule has 0 spiro atoms. The topological polar surface area (TPSA) is 104 Å². The van der Waals surface area contributed by atoms with E-state index in [1.165, 1.54) is 21.4 Å². The number of sulfonamides is 1. The van der Waals surface area contributed by atoms with Gasteiger partial charge >= 0.3 is 0 Å². The summed E-state index contributed by atoms with van der Waals surface area (Å²) in [5, 5.41) is 10.5. The molecule has 1 aliphatic heterocycles. The van der Waals surface area contributed by atoms with Crippen LogP contribution < -0.4 is 0 Å². The third kappa shape index (κ3) is 2.80. The van der Waals surface area contributed by atoms with E-state index >= 15 is 0 Å². The van der Waals surface area contributed by atoms with Crippen LogP contribution in [0.15, 0.2) is 17.3 Å². The highest BCUT2D eigenvalue weighted by Crippen LogP contribution is 2.21. The van der Waals surface area contributed by atoms with Crippen LogP contribution >= 0.6 is 11.6 Å². The molecule has 0 atom stereocenters. The lowest BCUT2D eigenvalue weighted by Crippen LogP contribution is -2.50. The van der Waals surface area contributed by atoms with Crippen molar-refractivity contribution in [2.24, 2.45) is 7.05 Å². The highest BCUT2D eigenvalue weighted by atomic mass is 35.5. The molecule has 130 valence electrons. The fourth-order valence-electron chi connectivity index (χ4n) is 2.58. The molecule has 9 nitrogen and oxygen atoms in total. The summed E-state index contributed by atoms with van der Waals surface area (Å²) in [4.78, 5) is 14.1. The molecule has 0 bridgehead atoms. The molecule has 1 N–H and O–H groups in total. The number of H-pyrrole nitrogens is 1. The van der Waals surface area contributed by atoms with Gasteiger partial charge in [-0.2, -0.15) is 14.5 Å². The van der Waals surface area contributed by atoms with E-state index in [2.05, 4.69) is 15.3 Å². The van der Waals surface area contributed by atoms with Gasteiger partial charge in [0.25, 0.3) is 5.91 Å². The predicted octanol–water partition coefficient (Wildman–Crippen LogP) is 0.252. The second-order valence-corrected chi connectivity index (χ2v) is 7.82. The van der Waals surface area contributed by atoms with Crippen LogP contribution in [0.1, 0.15) is 16.2 Å². The van der Waals surface area contributed by atoms with E-state index in [0.29, 0.717) is 5.69 Å². The number of carbonyl (C=O) groups excluding carboxylic acids is 1. The summed E-state index contributed by atoms with van der Waals surface area (Å²) in [6.45, 7) is 2.71. The quantitative estimate of drug-likeness (QED) is 0.831. The lowest BCUT2D eigenvalue weighted by atomic mass is 10.3. The van der Waals surface area contributed by atoms with E-state index in [9.17, 15) is 13.2 Å². The first kappa shape index (κ1) is 16.9. The number of nitrogens with one attached hydrogen (secondary N) is 1. The Bertz CT molecular complexity index is 866. The van der Waals surface area contributed by atoms with Gasteiger partial charge in [0.2, 0.25) is 10.0 Å². The van der Waals surface area contributed by atoms with Gasteiger partial charge in [0, 0.05) is 33.2 Å². The van der Waals surface area contributed by atoms with Gasteiger partial charge in [-0.1, -0.05) is 11.6 Å². The van der Waals surface area contributed by atoms with Crippen LogP contribution in [0, 0.1) is 6.92 Å². The second kappa shape index (κ2) is 6.19. The zero-order valence-corrected chi connectivity index (χ0v) is 14.8. The van der Waals surface area contributed by atoms with Gasteiger partial charge in [-0.05, 0) is 6.92 Å². The Labute approximate surface area is 144 Å². The Kier molecular flexibility index (Phi) is 4.37. The average molecular weight is 373 g/mol. The molecule has 24 heavy (non-hydrogen) atoms. The number of amides is 1. The van der Waals surface area contributed by atoms with Crippen molar-refractivity contribution in [2.75, 3.05) is 26.2 Å².